The SMILES string of the molecule is NCC1CCCN1C(=O)c1cccc(N2CCCS2(=O)=O)c1. The Hall–Kier alpha value is -1.60. The van der Waals surface area contributed by atoms with E-state index in [0.717, 1.165) is 12.8 Å². The molecule has 7 heteroatoms. The summed E-state index contributed by atoms with van der Waals surface area (Å²) in [6.07, 6.45) is 2.53. The van der Waals surface area contributed by atoms with E-state index in [-0.39, 0.29) is 17.7 Å². The Kier molecular flexibility index (Phi) is 4.10. The molecule has 2 fully saturated rings. The Balaban J connectivity index is 1.87. The van der Waals surface area contributed by atoms with Gasteiger partial charge in [0, 0.05) is 31.2 Å². The van der Waals surface area contributed by atoms with E-state index in [1.54, 1.807) is 29.2 Å². The lowest BCUT2D eigenvalue weighted by Crippen LogP contribution is -2.40. The zero-order valence-electron chi connectivity index (χ0n) is 12.4. The average molecular weight is 323 g/mol. The molecular formula is C15H21N3O3S. The van der Waals surface area contributed by atoms with Crippen molar-refractivity contribution in [1.29, 1.82) is 0 Å². The summed E-state index contributed by atoms with van der Waals surface area (Å²) in [5.74, 6) is 0.110. The zero-order valence-corrected chi connectivity index (χ0v) is 13.3. The monoisotopic (exact) mass is 323 g/mol. The quantitative estimate of drug-likeness (QED) is 0.891. The molecule has 6 nitrogen and oxygen atoms in total. The Morgan fingerprint density at radius 1 is 1.27 bits per heavy atom. The molecule has 0 bridgehead atoms. The second kappa shape index (κ2) is 5.89. The van der Waals surface area contributed by atoms with E-state index in [0.29, 0.717) is 37.3 Å². The van der Waals surface area contributed by atoms with E-state index in [1.165, 1.54) is 4.31 Å². The van der Waals surface area contributed by atoms with Crippen LogP contribution in [0.25, 0.3) is 0 Å². The third-order valence-corrected chi connectivity index (χ3v) is 6.26. The molecule has 1 aromatic carbocycles. The van der Waals surface area contributed by atoms with Crippen molar-refractivity contribution in [3.05, 3.63) is 29.8 Å². The lowest BCUT2D eigenvalue weighted by atomic mass is 10.1. The minimum absolute atomic E-state index is 0.0635. The van der Waals surface area contributed by atoms with Crippen molar-refractivity contribution < 1.29 is 13.2 Å². The summed E-state index contributed by atoms with van der Waals surface area (Å²) in [5.41, 5.74) is 6.83. The molecule has 0 aliphatic carbocycles. The van der Waals surface area contributed by atoms with Crippen LogP contribution in [0.4, 0.5) is 5.69 Å². The van der Waals surface area contributed by atoms with Crippen LogP contribution in [-0.2, 0) is 10.0 Å². The van der Waals surface area contributed by atoms with Gasteiger partial charge < -0.3 is 10.6 Å². The first-order valence-corrected chi connectivity index (χ1v) is 9.25. The zero-order chi connectivity index (χ0) is 15.7. The average Bonchev–Trinajstić information content (AvgIpc) is 3.12. The number of nitrogens with zero attached hydrogens (tertiary/aromatic N) is 2. The van der Waals surface area contributed by atoms with Crippen molar-refractivity contribution in [3.8, 4) is 0 Å². The number of rotatable bonds is 3. The van der Waals surface area contributed by atoms with Crippen LogP contribution in [0.5, 0.6) is 0 Å². The second-order valence-electron chi connectivity index (χ2n) is 5.82. The van der Waals surface area contributed by atoms with Crippen molar-refractivity contribution in [2.45, 2.75) is 25.3 Å². The van der Waals surface area contributed by atoms with Crippen LogP contribution in [-0.4, -0.2) is 50.7 Å². The smallest absolute Gasteiger partial charge is 0.254 e. The number of benzene rings is 1. The summed E-state index contributed by atoms with van der Waals surface area (Å²) in [5, 5.41) is 0. The van der Waals surface area contributed by atoms with Crippen molar-refractivity contribution in [3.63, 3.8) is 0 Å². The van der Waals surface area contributed by atoms with Crippen molar-refractivity contribution >= 4 is 21.6 Å². The van der Waals surface area contributed by atoms with Gasteiger partial charge in [0.2, 0.25) is 10.0 Å². The van der Waals surface area contributed by atoms with E-state index in [2.05, 4.69) is 0 Å². The Labute approximate surface area is 130 Å². The van der Waals surface area contributed by atoms with Gasteiger partial charge in [-0.25, -0.2) is 8.42 Å². The molecular weight excluding hydrogens is 302 g/mol. The summed E-state index contributed by atoms with van der Waals surface area (Å²) < 4.78 is 25.4. The number of hydrogen-bond donors (Lipinski definition) is 1. The largest absolute Gasteiger partial charge is 0.334 e. The highest BCUT2D eigenvalue weighted by Crippen LogP contribution is 2.26. The number of amides is 1. The van der Waals surface area contributed by atoms with Crippen molar-refractivity contribution in [2.75, 3.05) is 29.7 Å². The van der Waals surface area contributed by atoms with Crippen LogP contribution < -0.4 is 10.0 Å². The molecule has 1 amide bonds. The topological polar surface area (TPSA) is 83.7 Å². The maximum absolute atomic E-state index is 12.6. The Morgan fingerprint density at radius 3 is 2.77 bits per heavy atom. The third kappa shape index (κ3) is 2.70. The molecule has 120 valence electrons. The molecule has 1 aromatic rings. The number of nitrogens with two attached hydrogens (primary N) is 1. The first-order chi connectivity index (χ1) is 10.5. The molecule has 2 aliphatic rings. The molecule has 0 spiro atoms. The highest BCUT2D eigenvalue weighted by atomic mass is 32.2. The fraction of sp³-hybridized carbons (Fsp3) is 0.533. The second-order valence-corrected chi connectivity index (χ2v) is 7.84. The van der Waals surface area contributed by atoms with E-state index in [1.807, 2.05) is 0 Å². The number of likely N-dealkylation sites (tertiary alicyclic amines) is 1. The number of hydrogen-bond acceptors (Lipinski definition) is 4. The number of sulfonamides is 1. The van der Waals surface area contributed by atoms with Crippen molar-refractivity contribution in [1.82, 2.24) is 4.90 Å². The van der Waals surface area contributed by atoms with Gasteiger partial charge in [0.05, 0.1) is 11.4 Å². The summed E-state index contributed by atoms with van der Waals surface area (Å²) >= 11 is 0. The molecule has 2 saturated heterocycles. The molecule has 22 heavy (non-hydrogen) atoms. The first kappa shape index (κ1) is 15.3. The van der Waals surface area contributed by atoms with Crippen LogP contribution >= 0.6 is 0 Å². The normalized spacial score (nSPS) is 24.0. The predicted molar refractivity (Wildman–Crippen MR) is 85.3 cm³/mol. The summed E-state index contributed by atoms with van der Waals surface area (Å²) in [6.45, 7) is 1.66. The maximum atomic E-state index is 12.6. The first-order valence-electron chi connectivity index (χ1n) is 7.64. The van der Waals surface area contributed by atoms with Crippen LogP contribution in [0.3, 0.4) is 0 Å². The van der Waals surface area contributed by atoms with E-state index >= 15 is 0 Å². The van der Waals surface area contributed by atoms with Gasteiger partial charge in [-0.05, 0) is 37.5 Å². The van der Waals surface area contributed by atoms with E-state index in [4.69, 9.17) is 5.73 Å². The third-order valence-electron chi connectivity index (χ3n) is 4.39. The van der Waals surface area contributed by atoms with Gasteiger partial charge in [-0.2, -0.15) is 0 Å². The number of carbonyl (C=O) groups excluding carboxylic acids is 1. The van der Waals surface area contributed by atoms with E-state index in [9.17, 15) is 13.2 Å². The molecule has 0 radical (unpaired) electrons. The van der Waals surface area contributed by atoms with Crippen LogP contribution in [0, 0.1) is 0 Å². The highest BCUT2D eigenvalue weighted by Gasteiger charge is 2.31. The molecule has 2 heterocycles. The van der Waals surface area contributed by atoms with Gasteiger partial charge in [-0.1, -0.05) is 6.07 Å². The molecule has 0 saturated carbocycles. The maximum Gasteiger partial charge on any atom is 0.254 e. The minimum atomic E-state index is -3.23. The summed E-state index contributed by atoms with van der Waals surface area (Å²) in [4.78, 5) is 14.5. The molecule has 1 atom stereocenters. The number of anilines is 1. The molecule has 1 unspecified atom stereocenters. The molecule has 3 rings (SSSR count). The van der Waals surface area contributed by atoms with Gasteiger partial charge >= 0.3 is 0 Å². The molecule has 2 N–H and O–H groups in total. The van der Waals surface area contributed by atoms with Crippen LogP contribution in [0.1, 0.15) is 29.6 Å². The fourth-order valence-corrected chi connectivity index (χ4v) is 4.79. The Bertz CT molecular complexity index is 674. The molecule has 2 aliphatic heterocycles. The van der Waals surface area contributed by atoms with Crippen molar-refractivity contribution in [2.24, 2.45) is 5.73 Å². The molecule has 0 aromatic heterocycles. The van der Waals surface area contributed by atoms with Gasteiger partial charge in [0.25, 0.3) is 5.91 Å². The lowest BCUT2D eigenvalue weighted by molar-refractivity contribution is 0.0741. The highest BCUT2D eigenvalue weighted by molar-refractivity contribution is 7.93. The lowest BCUT2D eigenvalue weighted by Gasteiger charge is -2.24. The standard InChI is InChI=1S/C15H21N3O3S/c16-11-14-6-2-7-17(14)15(19)12-4-1-5-13(10-12)18-8-3-9-22(18,20)21/h1,4-5,10,14H,2-3,6-9,11,16H2. The van der Waals surface area contributed by atoms with Gasteiger partial charge in [-0.15, -0.1) is 0 Å². The fourth-order valence-electron chi connectivity index (χ4n) is 3.24. The number of carbonyl (C=O) groups is 1. The van der Waals surface area contributed by atoms with Crippen LogP contribution in [0.2, 0.25) is 0 Å². The van der Waals surface area contributed by atoms with Gasteiger partial charge in [-0.3, -0.25) is 9.10 Å². The summed E-state index contributed by atoms with van der Waals surface area (Å²) in [6, 6.07) is 6.98. The summed E-state index contributed by atoms with van der Waals surface area (Å²) in [7, 11) is -3.23. The van der Waals surface area contributed by atoms with E-state index < -0.39 is 10.0 Å². The van der Waals surface area contributed by atoms with Crippen LogP contribution in [0.15, 0.2) is 24.3 Å². The van der Waals surface area contributed by atoms with Gasteiger partial charge in [0.15, 0.2) is 0 Å². The van der Waals surface area contributed by atoms with Gasteiger partial charge in [0.1, 0.15) is 0 Å². The Morgan fingerprint density at radius 2 is 2.09 bits per heavy atom. The predicted octanol–water partition coefficient (Wildman–Crippen LogP) is 0.790. The minimum Gasteiger partial charge on any atom is -0.334 e.